The number of aromatic nitrogens is 3. The monoisotopic (exact) mass is 504 g/mol. The van der Waals surface area contributed by atoms with Crippen molar-refractivity contribution in [2.45, 2.75) is 32.9 Å². The van der Waals surface area contributed by atoms with Gasteiger partial charge in [-0.05, 0) is 54.8 Å². The number of fused-ring (bicyclic) bond motifs is 1. The fourth-order valence-corrected chi connectivity index (χ4v) is 4.17. The number of hydrogen-bond donors (Lipinski definition) is 6. The minimum atomic E-state index is -0.605. The molecule has 2 heterocycles. The van der Waals surface area contributed by atoms with Crippen molar-refractivity contribution in [2.75, 3.05) is 25.1 Å². The number of carbonyl (C=O) groups is 1. The Morgan fingerprint density at radius 2 is 2.00 bits per heavy atom. The second-order valence-corrected chi connectivity index (χ2v) is 8.69. The minimum Gasteiger partial charge on any atom is -0.491 e. The lowest BCUT2D eigenvalue weighted by atomic mass is 10.0. The second-order valence-electron chi connectivity index (χ2n) is 8.69. The fraction of sp³-hybridized carbons (Fsp3) is 0.296. The molecule has 0 aliphatic rings. The first-order chi connectivity index (χ1) is 17.9. The van der Waals surface area contributed by atoms with E-state index in [1.54, 1.807) is 19.1 Å². The van der Waals surface area contributed by atoms with Gasteiger partial charge in [-0.3, -0.25) is 4.79 Å². The van der Waals surface area contributed by atoms with E-state index < -0.39 is 12.0 Å². The summed E-state index contributed by atoms with van der Waals surface area (Å²) in [5, 5.41) is 25.2. The van der Waals surface area contributed by atoms with E-state index in [2.05, 4.69) is 32.5 Å². The molecule has 10 nitrogen and oxygen atoms in total. The van der Waals surface area contributed by atoms with Gasteiger partial charge in [-0.15, -0.1) is 0 Å². The maximum absolute atomic E-state index is 12.3. The van der Waals surface area contributed by atoms with Crippen molar-refractivity contribution >= 4 is 28.4 Å². The Hall–Kier alpha value is -3.99. The van der Waals surface area contributed by atoms with Crippen LogP contribution in [0.3, 0.4) is 0 Å². The standard InChI is InChI=1S/C27H32N6O4/c1-3-20-18(14-29-13-16(2)35)5-4-6-22(20)31-23-21(25(28)36)15-30-27-24(23)32-26(33-27)17-7-9-19(10-8-17)37-12-11-34/h4-10,15-16,29,34-35H,3,11-14H2,1-2H3,(H2,28,36)(H2,30,31,32,33). The Balaban J connectivity index is 1.71. The van der Waals surface area contributed by atoms with Crippen molar-refractivity contribution in [2.24, 2.45) is 5.73 Å². The van der Waals surface area contributed by atoms with Crippen molar-refractivity contribution in [1.29, 1.82) is 0 Å². The molecule has 1 unspecified atom stereocenters. The van der Waals surface area contributed by atoms with Crippen LogP contribution in [0.5, 0.6) is 5.75 Å². The Kier molecular flexibility index (Phi) is 8.34. The molecule has 0 fully saturated rings. The van der Waals surface area contributed by atoms with Crippen LogP contribution in [-0.4, -0.2) is 56.9 Å². The molecule has 0 spiro atoms. The maximum Gasteiger partial charge on any atom is 0.252 e. The van der Waals surface area contributed by atoms with Crippen molar-refractivity contribution in [3.05, 3.63) is 65.4 Å². The first-order valence-electron chi connectivity index (χ1n) is 12.2. The number of benzene rings is 2. The van der Waals surface area contributed by atoms with E-state index in [-0.39, 0.29) is 18.8 Å². The van der Waals surface area contributed by atoms with Gasteiger partial charge in [0.2, 0.25) is 0 Å². The predicted octanol–water partition coefficient (Wildman–Crippen LogP) is 2.87. The van der Waals surface area contributed by atoms with E-state index >= 15 is 0 Å². The normalized spacial score (nSPS) is 12.0. The zero-order chi connectivity index (χ0) is 26.4. The molecule has 4 rings (SSSR count). The van der Waals surface area contributed by atoms with Gasteiger partial charge >= 0.3 is 0 Å². The van der Waals surface area contributed by atoms with Gasteiger partial charge in [0.05, 0.1) is 24.0 Å². The van der Waals surface area contributed by atoms with Gasteiger partial charge in [-0.1, -0.05) is 19.1 Å². The number of aliphatic hydroxyl groups excluding tert-OH is 2. The van der Waals surface area contributed by atoms with Crippen LogP contribution in [0.25, 0.3) is 22.6 Å². The van der Waals surface area contributed by atoms with E-state index in [4.69, 9.17) is 15.6 Å². The number of anilines is 2. The third-order valence-corrected chi connectivity index (χ3v) is 5.91. The summed E-state index contributed by atoms with van der Waals surface area (Å²) in [6.45, 7) is 5.06. The number of carbonyl (C=O) groups excluding carboxylic acids is 1. The van der Waals surface area contributed by atoms with Crippen LogP contribution in [0.2, 0.25) is 0 Å². The molecule has 0 aliphatic heterocycles. The van der Waals surface area contributed by atoms with Gasteiger partial charge in [-0.25, -0.2) is 9.97 Å². The summed E-state index contributed by atoms with van der Waals surface area (Å²) in [4.78, 5) is 24.6. The highest BCUT2D eigenvalue weighted by molar-refractivity contribution is 6.06. The van der Waals surface area contributed by atoms with Gasteiger partial charge in [0.1, 0.15) is 23.7 Å². The molecule has 4 aromatic rings. The summed E-state index contributed by atoms with van der Waals surface area (Å²) in [5.74, 6) is 0.610. The molecule has 1 atom stereocenters. The Labute approximate surface area is 214 Å². The first kappa shape index (κ1) is 26.1. The number of aromatic amines is 1. The number of aliphatic hydroxyl groups is 2. The number of H-pyrrole nitrogens is 1. The summed E-state index contributed by atoms with van der Waals surface area (Å²) < 4.78 is 5.43. The Bertz CT molecular complexity index is 1370. The number of hydrogen-bond acceptors (Lipinski definition) is 8. The molecule has 1 amide bonds. The molecule has 37 heavy (non-hydrogen) atoms. The minimum absolute atomic E-state index is 0.0595. The van der Waals surface area contributed by atoms with E-state index in [0.717, 1.165) is 28.8 Å². The van der Waals surface area contributed by atoms with Crippen LogP contribution in [-0.2, 0) is 13.0 Å². The van der Waals surface area contributed by atoms with Gasteiger partial charge in [0.15, 0.2) is 5.65 Å². The lowest BCUT2D eigenvalue weighted by Gasteiger charge is -2.17. The smallest absolute Gasteiger partial charge is 0.252 e. The zero-order valence-corrected chi connectivity index (χ0v) is 20.9. The highest BCUT2D eigenvalue weighted by Gasteiger charge is 2.19. The average Bonchev–Trinajstić information content (AvgIpc) is 3.32. The summed E-state index contributed by atoms with van der Waals surface area (Å²) in [6.07, 6.45) is 1.75. The van der Waals surface area contributed by atoms with Gasteiger partial charge < -0.3 is 36.3 Å². The van der Waals surface area contributed by atoms with Crippen LogP contribution < -0.4 is 21.1 Å². The molecule has 2 aromatic heterocycles. The SMILES string of the molecule is CCc1c(CNCC(C)O)cccc1Nc1c(C(N)=O)cnc2nc(-c3ccc(OCCO)cc3)[nH]c12. The summed E-state index contributed by atoms with van der Waals surface area (Å²) in [5.41, 5.74) is 11.3. The largest absolute Gasteiger partial charge is 0.491 e. The lowest BCUT2D eigenvalue weighted by molar-refractivity contribution is 0.100. The molecule has 10 heteroatoms. The number of amides is 1. The number of imidazole rings is 1. The van der Waals surface area contributed by atoms with Crippen molar-refractivity contribution in [3.8, 4) is 17.1 Å². The summed E-state index contributed by atoms with van der Waals surface area (Å²) >= 11 is 0. The highest BCUT2D eigenvalue weighted by Crippen LogP contribution is 2.32. The van der Waals surface area contributed by atoms with Crippen LogP contribution in [0.15, 0.2) is 48.7 Å². The number of nitrogens with one attached hydrogen (secondary N) is 3. The number of nitrogens with two attached hydrogens (primary N) is 1. The van der Waals surface area contributed by atoms with E-state index in [0.29, 0.717) is 41.5 Å². The first-order valence-corrected chi connectivity index (χ1v) is 12.2. The number of pyridine rings is 1. The van der Waals surface area contributed by atoms with Crippen molar-refractivity contribution in [3.63, 3.8) is 0 Å². The lowest BCUT2D eigenvalue weighted by Crippen LogP contribution is -2.24. The molecule has 0 radical (unpaired) electrons. The number of primary amides is 1. The van der Waals surface area contributed by atoms with E-state index in [9.17, 15) is 9.90 Å². The molecule has 7 N–H and O–H groups in total. The molecular weight excluding hydrogens is 472 g/mol. The number of rotatable bonds is 12. The number of ether oxygens (including phenoxy) is 1. The highest BCUT2D eigenvalue weighted by atomic mass is 16.5. The van der Waals surface area contributed by atoms with Gasteiger partial charge in [0.25, 0.3) is 5.91 Å². The molecule has 2 aromatic carbocycles. The quantitative estimate of drug-likeness (QED) is 0.172. The Morgan fingerprint density at radius 3 is 2.68 bits per heavy atom. The summed E-state index contributed by atoms with van der Waals surface area (Å²) in [6, 6.07) is 13.2. The van der Waals surface area contributed by atoms with Crippen molar-refractivity contribution < 1.29 is 19.7 Å². The topological polar surface area (TPSA) is 158 Å². The van der Waals surface area contributed by atoms with Crippen LogP contribution in [0.1, 0.15) is 35.3 Å². The Morgan fingerprint density at radius 1 is 1.22 bits per heavy atom. The van der Waals surface area contributed by atoms with Gasteiger partial charge in [0, 0.05) is 30.5 Å². The molecule has 0 bridgehead atoms. The predicted molar refractivity (Wildman–Crippen MR) is 143 cm³/mol. The molecule has 0 saturated carbocycles. The molecular formula is C27H32N6O4. The maximum atomic E-state index is 12.3. The average molecular weight is 505 g/mol. The third kappa shape index (κ3) is 6.05. The van der Waals surface area contributed by atoms with Crippen LogP contribution in [0.4, 0.5) is 11.4 Å². The van der Waals surface area contributed by atoms with Crippen LogP contribution >= 0.6 is 0 Å². The van der Waals surface area contributed by atoms with Gasteiger partial charge in [-0.2, -0.15) is 0 Å². The van der Waals surface area contributed by atoms with Crippen molar-refractivity contribution in [1.82, 2.24) is 20.3 Å². The second kappa shape index (κ2) is 11.8. The fourth-order valence-electron chi connectivity index (χ4n) is 4.17. The third-order valence-electron chi connectivity index (χ3n) is 5.91. The molecule has 0 saturated heterocycles. The number of nitrogens with zero attached hydrogens (tertiary/aromatic N) is 2. The van der Waals surface area contributed by atoms with E-state index in [1.165, 1.54) is 6.20 Å². The van der Waals surface area contributed by atoms with Crippen LogP contribution in [0, 0.1) is 0 Å². The molecule has 194 valence electrons. The summed E-state index contributed by atoms with van der Waals surface area (Å²) in [7, 11) is 0. The molecule has 0 aliphatic carbocycles. The van der Waals surface area contributed by atoms with E-state index in [1.807, 2.05) is 30.3 Å². The zero-order valence-electron chi connectivity index (χ0n) is 20.9.